The van der Waals surface area contributed by atoms with E-state index in [0.29, 0.717) is 11.4 Å². The van der Waals surface area contributed by atoms with Gasteiger partial charge in [-0.2, -0.15) is 0 Å². The molecule has 0 fully saturated rings. The number of methoxy groups -OCH3 is 1. The second-order valence-electron chi connectivity index (χ2n) is 5.57. The Hall–Kier alpha value is -2.40. The molecule has 0 saturated heterocycles. The number of thiophene rings is 1. The molecule has 0 aliphatic carbocycles. The van der Waals surface area contributed by atoms with E-state index in [4.69, 9.17) is 4.74 Å². The van der Waals surface area contributed by atoms with Crippen molar-refractivity contribution in [2.45, 2.75) is 20.8 Å². The summed E-state index contributed by atoms with van der Waals surface area (Å²) in [5, 5.41) is 0.981. The van der Waals surface area contributed by atoms with Crippen LogP contribution in [-0.2, 0) is 0 Å². The number of nitrogens with zero attached hydrogens (tertiary/aromatic N) is 2. The maximum Gasteiger partial charge on any atom is 0.268 e. The number of aromatic nitrogens is 1. The standard InChI is InChI=1S/C19H20N2O2S/c1-5-21(14-9-7-6-8-10-14)19(22)16-11-15-12(2)17(23-4)13(3)20-18(15)24-16/h6-11H,5H2,1-4H3. The molecular formula is C19H20N2O2S. The van der Waals surface area contributed by atoms with Crippen molar-refractivity contribution in [2.24, 2.45) is 0 Å². The number of pyridine rings is 1. The predicted molar refractivity (Wildman–Crippen MR) is 99.4 cm³/mol. The lowest BCUT2D eigenvalue weighted by Gasteiger charge is -2.20. The first kappa shape index (κ1) is 16.5. The molecule has 0 atom stereocenters. The molecule has 24 heavy (non-hydrogen) atoms. The summed E-state index contributed by atoms with van der Waals surface area (Å²) >= 11 is 1.43. The van der Waals surface area contributed by atoms with Crippen LogP contribution in [0.1, 0.15) is 27.9 Å². The van der Waals surface area contributed by atoms with Crippen LogP contribution >= 0.6 is 11.3 Å². The van der Waals surface area contributed by atoms with Crippen molar-refractivity contribution in [3.05, 3.63) is 52.5 Å². The van der Waals surface area contributed by atoms with E-state index in [9.17, 15) is 4.79 Å². The van der Waals surface area contributed by atoms with Crippen molar-refractivity contribution in [3.8, 4) is 5.75 Å². The van der Waals surface area contributed by atoms with Crippen LogP contribution in [0, 0.1) is 13.8 Å². The lowest BCUT2D eigenvalue weighted by atomic mass is 10.1. The zero-order chi connectivity index (χ0) is 17.3. The number of hydrogen-bond acceptors (Lipinski definition) is 4. The Balaban J connectivity index is 2.06. The highest BCUT2D eigenvalue weighted by atomic mass is 32.1. The Morgan fingerprint density at radius 1 is 1.25 bits per heavy atom. The van der Waals surface area contributed by atoms with Gasteiger partial charge in [-0.05, 0) is 39.0 Å². The molecular weight excluding hydrogens is 320 g/mol. The molecule has 124 valence electrons. The van der Waals surface area contributed by atoms with Gasteiger partial charge in [0.25, 0.3) is 5.91 Å². The predicted octanol–water partition coefficient (Wildman–Crippen LogP) is 4.59. The molecule has 0 saturated carbocycles. The number of ether oxygens (including phenoxy) is 1. The van der Waals surface area contributed by atoms with Gasteiger partial charge in [-0.25, -0.2) is 4.98 Å². The number of hydrogen-bond donors (Lipinski definition) is 0. The third-order valence-corrected chi connectivity index (χ3v) is 5.12. The molecule has 0 aliphatic rings. The molecule has 4 nitrogen and oxygen atoms in total. The van der Waals surface area contributed by atoms with Crippen LogP contribution in [0.3, 0.4) is 0 Å². The van der Waals surface area contributed by atoms with E-state index in [1.54, 1.807) is 12.0 Å². The Bertz CT molecular complexity index is 887. The summed E-state index contributed by atoms with van der Waals surface area (Å²) in [7, 11) is 1.65. The number of carbonyl (C=O) groups excluding carboxylic acids is 1. The molecule has 0 N–H and O–H groups in total. The van der Waals surface area contributed by atoms with Crippen molar-refractivity contribution in [1.29, 1.82) is 0 Å². The minimum atomic E-state index is 0.00252. The van der Waals surface area contributed by atoms with Gasteiger partial charge in [0.05, 0.1) is 17.7 Å². The molecule has 0 bridgehead atoms. The number of amides is 1. The van der Waals surface area contributed by atoms with Gasteiger partial charge < -0.3 is 9.64 Å². The smallest absolute Gasteiger partial charge is 0.268 e. The monoisotopic (exact) mass is 340 g/mol. The molecule has 0 radical (unpaired) electrons. The highest BCUT2D eigenvalue weighted by molar-refractivity contribution is 7.20. The topological polar surface area (TPSA) is 42.4 Å². The number of aryl methyl sites for hydroxylation is 2. The largest absolute Gasteiger partial charge is 0.495 e. The van der Waals surface area contributed by atoms with Crippen molar-refractivity contribution >= 4 is 33.1 Å². The fourth-order valence-electron chi connectivity index (χ4n) is 2.92. The highest BCUT2D eigenvalue weighted by Crippen LogP contribution is 2.34. The van der Waals surface area contributed by atoms with Crippen LogP contribution in [0.15, 0.2) is 36.4 Å². The fourth-order valence-corrected chi connectivity index (χ4v) is 4.01. The highest BCUT2D eigenvalue weighted by Gasteiger charge is 2.21. The van der Waals surface area contributed by atoms with Gasteiger partial charge in [0, 0.05) is 23.2 Å². The summed E-state index contributed by atoms with van der Waals surface area (Å²) in [6.07, 6.45) is 0. The molecule has 0 unspecified atom stereocenters. The van der Waals surface area contributed by atoms with Crippen LogP contribution < -0.4 is 9.64 Å². The number of para-hydroxylation sites is 1. The number of rotatable bonds is 4. The van der Waals surface area contributed by atoms with Crippen LogP contribution in [0.5, 0.6) is 5.75 Å². The molecule has 5 heteroatoms. The van der Waals surface area contributed by atoms with E-state index in [1.165, 1.54) is 11.3 Å². The maximum absolute atomic E-state index is 13.0. The van der Waals surface area contributed by atoms with Gasteiger partial charge in [-0.15, -0.1) is 11.3 Å². The summed E-state index contributed by atoms with van der Waals surface area (Å²) in [5.74, 6) is 0.789. The van der Waals surface area contributed by atoms with Crippen molar-refractivity contribution in [1.82, 2.24) is 4.98 Å². The average Bonchev–Trinajstić information content (AvgIpc) is 3.01. The molecule has 2 aromatic heterocycles. The normalized spacial score (nSPS) is 10.8. The van der Waals surface area contributed by atoms with Gasteiger partial charge in [-0.3, -0.25) is 4.79 Å². The molecule has 1 amide bonds. The SMILES string of the molecule is CCN(C(=O)c1cc2c(C)c(OC)c(C)nc2s1)c1ccccc1. The van der Waals surface area contributed by atoms with Crippen LogP contribution in [0.4, 0.5) is 5.69 Å². The first-order valence-corrected chi connectivity index (χ1v) is 8.70. The quantitative estimate of drug-likeness (QED) is 0.698. The van der Waals surface area contributed by atoms with E-state index >= 15 is 0 Å². The number of anilines is 1. The summed E-state index contributed by atoms with van der Waals surface area (Å²) in [5.41, 5.74) is 2.78. The lowest BCUT2D eigenvalue weighted by Crippen LogP contribution is -2.29. The summed E-state index contributed by atoms with van der Waals surface area (Å²) < 4.78 is 5.44. The second kappa shape index (κ2) is 6.61. The van der Waals surface area contributed by atoms with Crippen LogP contribution in [0.2, 0.25) is 0 Å². The van der Waals surface area contributed by atoms with Gasteiger partial charge >= 0.3 is 0 Å². The van der Waals surface area contributed by atoms with Gasteiger partial charge in [0.1, 0.15) is 10.6 Å². The van der Waals surface area contributed by atoms with E-state index in [0.717, 1.165) is 32.9 Å². The number of benzene rings is 1. The minimum Gasteiger partial charge on any atom is -0.495 e. The molecule has 3 aromatic rings. The van der Waals surface area contributed by atoms with Crippen molar-refractivity contribution < 1.29 is 9.53 Å². The average molecular weight is 340 g/mol. The third-order valence-electron chi connectivity index (χ3n) is 4.10. The lowest BCUT2D eigenvalue weighted by molar-refractivity contribution is 0.0992. The van der Waals surface area contributed by atoms with Crippen LogP contribution in [-0.4, -0.2) is 24.5 Å². The van der Waals surface area contributed by atoms with Crippen molar-refractivity contribution in [3.63, 3.8) is 0 Å². The zero-order valence-electron chi connectivity index (χ0n) is 14.3. The Morgan fingerprint density at radius 2 is 1.96 bits per heavy atom. The molecule has 0 aliphatic heterocycles. The Kier molecular flexibility index (Phi) is 4.53. The van der Waals surface area contributed by atoms with Gasteiger partial charge in [0.15, 0.2) is 0 Å². The number of carbonyl (C=O) groups is 1. The fraction of sp³-hybridized carbons (Fsp3) is 0.263. The first-order chi connectivity index (χ1) is 11.6. The summed E-state index contributed by atoms with van der Waals surface area (Å²) in [4.78, 5) is 20.9. The maximum atomic E-state index is 13.0. The Morgan fingerprint density at radius 3 is 2.58 bits per heavy atom. The first-order valence-electron chi connectivity index (χ1n) is 7.88. The van der Waals surface area contributed by atoms with E-state index in [-0.39, 0.29) is 5.91 Å². The van der Waals surface area contributed by atoms with Gasteiger partial charge in [0.2, 0.25) is 0 Å². The summed E-state index contributed by atoms with van der Waals surface area (Å²) in [6.45, 7) is 6.53. The molecule has 2 heterocycles. The van der Waals surface area contributed by atoms with Crippen LogP contribution in [0.25, 0.3) is 10.2 Å². The third kappa shape index (κ3) is 2.76. The minimum absolute atomic E-state index is 0.00252. The van der Waals surface area contributed by atoms with E-state index < -0.39 is 0 Å². The molecule has 3 rings (SSSR count). The Labute approximate surface area is 145 Å². The van der Waals surface area contributed by atoms with E-state index in [1.807, 2.05) is 57.2 Å². The molecule has 0 spiro atoms. The van der Waals surface area contributed by atoms with Crippen molar-refractivity contribution in [2.75, 3.05) is 18.6 Å². The van der Waals surface area contributed by atoms with Gasteiger partial charge in [-0.1, -0.05) is 18.2 Å². The number of fused-ring (bicyclic) bond motifs is 1. The molecule has 1 aromatic carbocycles. The second-order valence-corrected chi connectivity index (χ2v) is 6.60. The zero-order valence-corrected chi connectivity index (χ0v) is 15.1. The van der Waals surface area contributed by atoms with E-state index in [2.05, 4.69) is 4.98 Å². The summed E-state index contributed by atoms with van der Waals surface area (Å²) in [6, 6.07) is 11.7.